The van der Waals surface area contributed by atoms with Gasteiger partial charge in [0, 0.05) is 43.9 Å². The molecule has 5 unspecified atom stereocenters. The molecule has 2 aliphatic carbocycles. The van der Waals surface area contributed by atoms with E-state index < -0.39 is 27.4 Å². The maximum Gasteiger partial charge on any atom is 0.226 e. The fourth-order valence-corrected chi connectivity index (χ4v) is 7.40. The number of carbonyl (C=O) groups is 2. The van der Waals surface area contributed by atoms with Crippen LogP contribution in [0.5, 0.6) is 0 Å². The first-order chi connectivity index (χ1) is 20.4. The fourth-order valence-electron chi connectivity index (χ4n) is 6.66. The molecule has 0 heterocycles. The van der Waals surface area contributed by atoms with E-state index in [2.05, 4.69) is 35.8 Å². The molecule has 248 valence electrons. The van der Waals surface area contributed by atoms with Gasteiger partial charge in [-0.15, -0.1) is 16.7 Å². The SMILES string of the molecule is CC#CC1CC(C(=O)NC(CC2CCCCC2)C(O)CN(CCC)NS(=O)(=O)C(C)C)CC(C(=O)N(CCC)CCC)C1. The lowest BCUT2D eigenvalue weighted by Gasteiger charge is -2.37. The van der Waals surface area contributed by atoms with Crippen molar-refractivity contribution in [1.82, 2.24) is 20.1 Å². The van der Waals surface area contributed by atoms with Gasteiger partial charge in [0.15, 0.2) is 0 Å². The minimum Gasteiger partial charge on any atom is -0.390 e. The first-order valence-electron chi connectivity index (χ1n) is 16.9. The second-order valence-electron chi connectivity index (χ2n) is 13.1. The fraction of sp³-hybridized carbons (Fsp3) is 0.879. The summed E-state index contributed by atoms with van der Waals surface area (Å²) in [6.07, 6.45) is 9.57. The van der Waals surface area contributed by atoms with E-state index in [0.717, 1.165) is 38.5 Å². The molecular weight excluding hydrogens is 564 g/mol. The van der Waals surface area contributed by atoms with Gasteiger partial charge >= 0.3 is 0 Å². The van der Waals surface area contributed by atoms with Gasteiger partial charge in [0.1, 0.15) is 0 Å². The van der Waals surface area contributed by atoms with Gasteiger partial charge in [0.05, 0.1) is 17.4 Å². The molecule has 0 aromatic rings. The number of hydrogen-bond acceptors (Lipinski definition) is 6. The Morgan fingerprint density at radius 2 is 1.53 bits per heavy atom. The zero-order valence-electron chi connectivity index (χ0n) is 27.7. The van der Waals surface area contributed by atoms with Crippen molar-refractivity contribution in [3.05, 3.63) is 0 Å². The number of rotatable bonds is 17. The maximum absolute atomic E-state index is 13.9. The largest absolute Gasteiger partial charge is 0.390 e. The predicted molar refractivity (Wildman–Crippen MR) is 173 cm³/mol. The van der Waals surface area contributed by atoms with E-state index in [4.69, 9.17) is 0 Å². The Hall–Kier alpha value is -1.67. The van der Waals surface area contributed by atoms with Crippen molar-refractivity contribution in [3.63, 3.8) is 0 Å². The van der Waals surface area contributed by atoms with Crippen molar-refractivity contribution in [2.75, 3.05) is 26.2 Å². The van der Waals surface area contributed by atoms with Crippen LogP contribution in [0.25, 0.3) is 0 Å². The number of amides is 2. The Labute approximate surface area is 262 Å². The summed E-state index contributed by atoms with van der Waals surface area (Å²) in [5.74, 6) is 5.99. The van der Waals surface area contributed by atoms with E-state index in [9.17, 15) is 23.1 Å². The molecule has 5 atom stereocenters. The Bertz CT molecular complexity index is 1010. The van der Waals surface area contributed by atoms with Crippen LogP contribution in [-0.4, -0.2) is 78.8 Å². The molecule has 2 amide bonds. The second kappa shape index (κ2) is 19.0. The molecule has 2 aliphatic rings. The summed E-state index contributed by atoms with van der Waals surface area (Å²) in [6.45, 7) is 13.1. The third-order valence-electron chi connectivity index (χ3n) is 8.96. The minimum absolute atomic E-state index is 0.0271. The average Bonchev–Trinajstić information content (AvgIpc) is 2.96. The van der Waals surface area contributed by atoms with Gasteiger partial charge in [-0.3, -0.25) is 9.59 Å². The maximum atomic E-state index is 13.9. The summed E-state index contributed by atoms with van der Waals surface area (Å²) in [6, 6.07) is -0.512. The predicted octanol–water partition coefficient (Wildman–Crippen LogP) is 4.46. The lowest BCUT2D eigenvalue weighted by molar-refractivity contribution is -0.139. The van der Waals surface area contributed by atoms with E-state index in [1.807, 2.05) is 11.8 Å². The van der Waals surface area contributed by atoms with Gasteiger partial charge in [-0.2, -0.15) is 0 Å². The third kappa shape index (κ3) is 12.3. The van der Waals surface area contributed by atoms with Gasteiger partial charge in [-0.05, 0) is 71.6 Å². The molecule has 0 bridgehead atoms. The number of sulfonamides is 1. The molecule has 3 N–H and O–H groups in total. The van der Waals surface area contributed by atoms with Crippen molar-refractivity contribution in [2.45, 2.75) is 136 Å². The molecule has 0 aromatic carbocycles. The van der Waals surface area contributed by atoms with Crippen LogP contribution in [0.1, 0.15) is 119 Å². The van der Waals surface area contributed by atoms with Crippen molar-refractivity contribution in [2.24, 2.45) is 23.7 Å². The number of carbonyl (C=O) groups excluding carboxylic acids is 2. The van der Waals surface area contributed by atoms with Gasteiger partial charge in [0.25, 0.3) is 0 Å². The van der Waals surface area contributed by atoms with E-state index in [1.165, 1.54) is 6.42 Å². The van der Waals surface area contributed by atoms with E-state index >= 15 is 0 Å². The molecule has 9 nitrogen and oxygen atoms in total. The van der Waals surface area contributed by atoms with Crippen LogP contribution >= 0.6 is 0 Å². The van der Waals surface area contributed by atoms with Gasteiger partial charge < -0.3 is 15.3 Å². The topological polar surface area (TPSA) is 119 Å². The molecule has 0 radical (unpaired) electrons. The smallest absolute Gasteiger partial charge is 0.226 e. The number of hydrazine groups is 1. The molecule has 0 saturated heterocycles. The summed E-state index contributed by atoms with van der Waals surface area (Å²) < 4.78 is 25.2. The minimum atomic E-state index is -3.57. The van der Waals surface area contributed by atoms with Crippen molar-refractivity contribution in [1.29, 1.82) is 0 Å². The number of hydrogen-bond donors (Lipinski definition) is 3. The molecule has 10 heteroatoms. The number of aliphatic hydroxyl groups is 1. The van der Waals surface area contributed by atoms with Crippen LogP contribution in [0.4, 0.5) is 0 Å². The lowest BCUT2D eigenvalue weighted by atomic mass is 9.74. The Balaban J connectivity index is 2.25. The third-order valence-corrected chi connectivity index (χ3v) is 10.7. The monoisotopic (exact) mass is 624 g/mol. The molecule has 0 aromatic heterocycles. The van der Waals surface area contributed by atoms with Crippen LogP contribution in [0.3, 0.4) is 0 Å². The van der Waals surface area contributed by atoms with Crippen molar-refractivity contribution < 1.29 is 23.1 Å². The van der Waals surface area contributed by atoms with E-state index in [-0.39, 0.29) is 36.1 Å². The highest BCUT2D eigenvalue weighted by molar-refractivity contribution is 7.90. The van der Waals surface area contributed by atoms with E-state index in [0.29, 0.717) is 57.7 Å². The zero-order valence-corrected chi connectivity index (χ0v) is 28.6. The standard InChI is InChI=1S/C33H60N4O5S/c1-7-14-27-20-28(23-29(21-27)33(40)36(17-8-2)18-9-3)32(39)34-30(22-26-15-12-11-13-16-26)31(38)24-37(19-10-4)35-43(41,42)25(5)6/h25-31,35,38H,8-13,15-24H2,1-6H3,(H,34,39). The summed E-state index contributed by atoms with van der Waals surface area (Å²) in [5.41, 5.74) is 0. The molecule has 2 fully saturated rings. The molecule has 0 aliphatic heterocycles. The first kappa shape index (κ1) is 37.5. The van der Waals surface area contributed by atoms with Crippen molar-refractivity contribution >= 4 is 21.8 Å². The van der Waals surface area contributed by atoms with Gasteiger partial charge in [-0.25, -0.2) is 13.4 Å². The Kier molecular flexibility index (Phi) is 16.6. The van der Waals surface area contributed by atoms with Crippen LogP contribution in [-0.2, 0) is 19.6 Å². The summed E-state index contributed by atoms with van der Waals surface area (Å²) in [5, 5.41) is 15.7. The highest BCUT2D eigenvalue weighted by Crippen LogP contribution is 2.35. The Morgan fingerprint density at radius 1 is 0.930 bits per heavy atom. The number of nitrogens with zero attached hydrogens (tertiary/aromatic N) is 2. The van der Waals surface area contributed by atoms with E-state index in [1.54, 1.807) is 25.8 Å². The van der Waals surface area contributed by atoms with Gasteiger partial charge in [0.2, 0.25) is 21.8 Å². The highest BCUT2D eigenvalue weighted by atomic mass is 32.2. The van der Waals surface area contributed by atoms with Crippen LogP contribution in [0.15, 0.2) is 0 Å². The summed E-state index contributed by atoms with van der Waals surface area (Å²) in [4.78, 5) is 32.1. The summed E-state index contributed by atoms with van der Waals surface area (Å²) in [7, 11) is -3.57. The van der Waals surface area contributed by atoms with Crippen LogP contribution < -0.4 is 10.1 Å². The normalized spacial score (nSPS) is 23.0. The molecule has 0 spiro atoms. The van der Waals surface area contributed by atoms with Crippen LogP contribution in [0, 0.1) is 35.5 Å². The average molecular weight is 625 g/mol. The van der Waals surface area contributed by atoms with Crippen LogP contribution in [0.2, 0.25) is 0 Å². The second-order valence-corrected chi connectivity index (χ2v) is 15.3. The van der Waals surface area contributed by atoms with Crippen molar-refractivity contribution in [3.8, 4) is 11.8 Å². The number of aliphatic hydroxyl groups excluding tert-OH is 1. The molecule has 2 saturated carbocycles. The quantitative estimate of drug-likeness (QED) is 0.162. The summed E-state index contributed by atoms with van der Waals surface area (Å²) >= 11 is 0. The first-order valence-corrected chi connectivity index (χ1v) is 18.5. The number of nitrogens with one attached hydrogen (secondary N) is 2. The zero-order chi connectivity index (χ0) is 32.0. The lowest BCUT2D eigenvalue weighted by Crippen LogP contribution is -2.55. The Morgan fingerprint density at radius 3 is 2.09 bits per heavy atom. The molecule has 43 heavy (non-hydrogen) atoms. The highest BCUT2D eigenvalue weighted by Gasteiger charge is 2.39. The molecule has 2 rings (SSSR count). The van der Waals surface area contributed by atoms with Gasteiger partial charge in [-0.1, -0.05) is 52.9 Å². The molecular formula is C33H60N4O5S.